The van der Waals surface area contributed by atoms with Crippen LogP contribution in [0.4, 0.5) is 0 Å². The van der Waals surface area contributed by atoms with E-state index in [4.69, 9.17) is 11.6 Å². The van der Waals surface area contributed by atoms with E-state index in [0.29, 0.717) is 11.6 Å². The van der Waals surface area contributed by atoms with Gasteiger partial charge >= 0.3 is 0 Å². The third-order valence-electron chi connectivity index (χ3n) is 3.50. The molecule has 1 aromatic rings. The van der Waals surface area contributed by atoms with Crippen molar-refractivity contribution in [2.75, 3.05) is 6.54 Å². The van der Waals surface area contributed by atoms with E-state index in [2.05, 4.69) is 5.32 Å². The van der Waals surface area contributed by atoms with Gasteiger partial charge in [0.2, 0.25) is 5.91 Å². The second-order valence-corrected chi connectivity index (χ2v) is 5.57. The molecule has 1 aliphatic rings. The van der Waals surface area contributed by atoms with Crippen molar-refractivity contribution in [2.45, 2.75) is 31.8 Å². The molecule has 2 N–H and O–H groups in total. The number of carbonyl (C=O) groups is 1. The van der Waals surface area contributed by atoms with Crippen LogP contribution in [-0.4, -0.2) is 23.2 Å². The van der Waals surface area contributed by atoms with E-state index in [9.17, 15) is 9.90 Å². The maximum absolute atomic E-state index is 11.8. The molecule has 2 rings (SSSR count). The Morgan fingerprint density at radius 3 is 2.84 bits per heavy atom. The van der Waals surface area contributed by atoms with Gasteiger partial charge in [-0.2, -0.15) is 0 Å². The highest BCUT2D eigenvalue weighted by Crippen LogP contribution is 2.30. The van der Waals surface area contributed by atoms with Gasteiger partial charge in [0.15, 0.2) is 0 Å². The van der Waals surface area contributed by atoms with Gasteiger partial charge in [0, 0.05) is 17.6 Å². The predicted molar refractivity (Wildman–Crippen MR) is 76.9 cm³/mol. The minimum absolute atomic E-state index is 0.183. The molecule has 0 spiro atoms. The number of hydrogen-bond donors (Lipinski definition) is 2. The summed E-state index contributed by atoms with van der Waals surface area (Å²) in [5, 5.41) is 13.3. The van der Waals surface area contributed by atoms with E-state index in [1.165, 1.54) is 6.08 Å². The number of hydrogen-bond acceptors (Lipinski definition) is 2. The fourth-order valence-corrected chi connectivity index (χ4v) is 2.27. The molecule has 0 radical (unpaired) electrons. The molecule has 0 aromatic heterocycles. The lowest BCUT2D eigenvalue weighted by Gasteiger charge is -2.36. The Balaban J connectivity index is 1.94. The van der Waals surface area contributed by atoms with E-state index < -0.39 is 5.60 Å². The Morgan fingerprint density at radius 2 is 2.26 bits per heavy atom. The second-order valence-electron chi connectivity index (χ2n) is 5.13. The molecule has 1 saturated carbocycles. The van der Waals surface area contributed by atoms with Crippen molar-refractivity contribution in [2.24, 2.45) is 0 Å². The third-order valence-corrected chi connectivity index (χ3v) is 3.74. The normalized spacial score (nSPS) is 17.7. The van der Waals surface area contributed by atoms with Crippen LogP contribution < -0.4 is 5.32 Å². The molecule has 0 heterocycles. The van der Waals surface area contributed by atoms with Crippen LogP contribution in [0.2, 0.25) is 5.02 Å². The Hall–Kier alpha value is -1.32. The quantitative estimate of drug-likeness (QED) is 0.833. The molecule has 0 atom stereocenters. The first-order valence-electron chi connectivity index (χ1n) is 6.43. The fourth-order valence-electron chi connectivity index (χ4n) is 2.08. The summed E-state index contributed by atoms with van der Waals surface area (Å²) in [5.74, 6) is -0.183. The van der Waals surface area contributed by atoms with Gasteiger partial charge < -0.3 is 10.4 Å². The Kier molecular flexibility index (Phi) is 4.27. The zero-order valence-corrected chi connectivity index (χ0v) is 11.7. The van der Waals surface area contributed by atoms with Crippen LogP contribution in [0.1, 0.15) is 31.7 Å². The van der Waals surface area contributed by atoms with Gasteiger partial charge in [0.25, 0.3) is 0 Å². The Bertz CT molecular complexity index is 507. The smallest absolute Gasteiger partial charge is 0.244 e. The number of amides is 1. The highest BCUT2D eigenvalue weighted by Gasteiger charge is 2.34. The van der Waals surface area contributed by atoms with Gasteiger partial charge in [0.05, 0.1) is 5.60 Å². The number of aliphatic hydroxyl groups is 1. The summed E-state index contributed by atoms with van der Waals surface area (Å²) in [6.45, 7) is 2.19. The minimum Gasteiger partial charge on any atom is -0.388 e. The number of carbonyl (C=O) groups excluding carboxylic acids is 1. The number of nitrogens with one attached hydrogen (secondary N) is 1. The Labute approximate surface area is 118 Å². The van der Waals surface area contributed by atoms with Crippen LogP contribution in [0.25, 0.3) is 5.57 Å². The number of rotatable bonds is 4. The number of allylic oxidation sites excluding steroid dienone is 1. The molecule has 19 heavy (non-hydrogen) atoms. The zero-order valence-electron chi connectivity index (χ0n) is 10.9. The summed E-state index contributed by atoms with van der Waals surface area (Å²) in [5.41, 5.74) is 1.08. The summed E-state index contributed by atoms with van der Waals surface area (Å²) in [6.07, 6.45) is 4.10. The summed E-state index contributed by atoms with van der Waals surface area (Å²) in [6, 6.07) is 7.37. The van der Waals surface area contributed by atoms with Crippen molar-refractivity contribution >= 4 is 23.1 Å². The molecule has 1 fully saturated rings. The molecule has 1 aromatic carbocycles. The molecule has 102 valence electrons. The second kappa shape index (κ2) is 5.76. The van der Waals surface area contributed by atoms with Gasteiger partial charge in [-0.25, -0.2) is 0 Å². The molecule has 0 unspecified atom stereocenters. The number of halogens is 1. The van der Waals surface area contributed by atoms with E-state index in [-0.39, 0.29) is 5.91 Å². The van der Waals surface area contributed by atoms with E-state index >= 15 is 0 Å². The molecular weight excluding hydrogens is 262 g/mol. The monoisotopic (exact) mass is 279 g/mol. The van der Waals surface area contributed by atoms with Crippen LogP contribution in [0.5, 0.6) is 0 Å². The predicted octanol–water partition coefficient (Wildman–Crippen LogP) is 2.77. The largest absolute Gasteiger partial charge is 0.388 e. The SMILES string of the molecule is CC(=CC(=O)NCC1(O)CCC1)c1cccc(Cl)c1. The summed E-state index contributed by atoms with van der Waals surface area (Å²) < 4.78 is 0. The minimum atomic E-state index is -0.687. The van der Waals surface area contributed by atoms with E-state index in [1.807, 2.05) is 25.1 Å². The highest BCUT2D eigenvalue weighted by atomic mass is 35.5. The van der Waals surface area contributed by atoms with Crippen molar-refractivity contribution in [3.05, 3.63) is 40.9 Å². The van der Waals surface area contributed by atoms with Crippen molar-refractivity contribution in [3.63, 3.8) is 0 Å². The molecule has 3 nitrogen and oxygen atoms in total. The highest BCUT2D eigenvalue weighted by molar-refractivity contribution is 6.30. The molecule has 4 heteroatoms. The summed E-state index contributed by atoms with van der Waals surface area (Å²) >= 11 is 5.91. The fraction of sp³-hybridized carbons (Fsp3) is 0.400. The summed E-state index contributed by atoms with van der Waals surface area (Å²) in [4.78, 5) is 11.8. The van der Waals surface area contributed by atoms with E-state index in [1.54, 1.807) is 6.07 Å². The van der Waals surface area contributed by atoms with Gasteiger partial charge in [0.1, 0.15) is 0 Å². The van der Waals surface area contributed by atoms with Crippen molar-refractivity contribution in [3.8, 4) is 0 Å². The maximum Gasteiger partial charge on any atom is 0.244 e. The molecular formula is C15H18ClNO2. The first-order valence-corrected chi connectivity index (χ1v) is 6.81. The molecule has 0 aliphatic heterocycles. The first-order chi connectivity index (χ1) is 8.98. The van der Waals surface area contributed by atoms with Crippen molar-refractivity contribution in [1.29, 1.82) is 0 Å². The molecule has 1 aliphatic carbocycles. The first kappa shape index (κ1) is 14.1. The van der Waals surface area contributed by atoms with Gasteiger partial charge in [-0.3, -0.25) is 4.79 Å². The number of benzene rings is 1. The lowest BCUT2D eigenvalue weighted by molar-refractivity contribution is -0.118. The molecule has 0 saturated heterocycles. The van der Waals surface area contributed by atoms with Crippen LogP contribution in [-0.2, 0) is 4.79 Å². The van der Waals surface area contributed by atoms with Gasteiger partial charge in [-0.05, 0) is 49.5 Å². The molecule has 1 amide bonds. The van der Waals surface area contributed by atoms with Crippen LogP contribution in [0.3, 0.4) is 0 Å². The van der Waals surface area contributed by atoms with Crippen LogP contribution >= 0.6 is 11.6 Å². The average Bonchev–Trinajstić information content (AvgIpc) is 2.34. The summed E-state index contributed by atoms with van der Waals surface area (Å²) in [7, 11) is 0. The third kappa shape index (κ3) is 3.82. The topological polar surface area (TPSA) is 49.3 Å². The van der Waals surface area contributed by atoms with E-state index in [0.717, 1.165) is 30.4 Å². The van der Waals surface area contributed by atoms with Gasteiger partial charge in [-0.15, -0.1) is 0 Å². The lowest BCUT2D eigenvalue weighted by Crippen LogP contribution is -2.47. The molecule has 0 bridgehead atoms. The van der Waals surface area contributed by atoms with Crippen LogP contribution in [0, 0.1) is 0 Å². The van der Waals surface area contributed by atoms with Crippen molar-refractivity contribution < 1.29 is 9.90 Å². The van der Waals surface area contributed by atoms with Crippen LogP contribution in [0.15, 0.2) is 30.3 Å². The lowest BCUT2D eigenvalue weighted by atomic mass is 9.80. The standard InChI is InChI=1S/C15H18ClNO2/c1-11(12-4-2-5-13(16)9-12)8-14(18)17-10-15(19)6-3-7-15/h2,4-5,8-9,19H,3,6-7,10H2,1H3,(H,17,18). The Morgan fingerprint density at radius 1 is 1.53 bits per heavy atom. The maximum atomic E-state index is 11.8. The zero-order chi connectivity index (χ0) is 13.9. The van der Waals surface area contributed by atoms with Crippen molar-refractivity contribution in [1.82, 2.24) is 5.32 Å². The average molecular weight is 280 g/mol. The van der Waals surface area contributed by atoms with Gasteiger partial charge in [-0.1, -0.05) is 23.7 Å².